The molecule has 0 aliphatic carbocycles. The molecule has 1 amide bonds. The van der Waals surface area contributed by atoms with Crippen molar-refractivity contribution in [2.45, 2.75) is 38.5 Å². The lowest BCUT2D eigenvalue weighted by molar-refractivity contribution is -0.146. The second-order valence-electron chi connectivity index (χ2n) is 4.28. The predicted molar refractivity (Wildman–Crippen MR) is 68.3 cm³/mol. The van der Waals surface area contributed by atoms with Crippen LogP contribution in [0.25, 0.3) is 0 Å². The fourth-order valence-corrected chi connectivity index (χ4v) is 1.94. The molecular formula is C11H23ClN2O3. The molecule has 17 heavy (non-hydrogen) atoms. The molecule has 0 aromatic heterocycles. The van der Waals surface area contributed by atoms with Gasteiger partial charge in [0.05, 0.1) is 18.8 Å². The normalized spacial score (nSPS) is 26.2. The summed E-state index contributed by atoms with van der Waals surface area (Å²) < 4.78 is 10.6. The van der Waals surface area contributed by atoms with Gasteiger partial charge in [0.1, 0.15) is 6.04 Å². The number of carbonyl (C=O) groups excluding carboxylic acids is 1. The lowest BCUT2D eigenvalue weighted by atomic mass is 10.1. The van der Waals surface area contributed by atoms with Crippen molar-refractivity contribution in [1.29, 1.82) is 0 Å². The van der Waals surface area contributed by atoms with E-state index < -0.39 is 6.04 Å². The van der Waals surface area contributed by atoms with Gasteiger partial charge in [0.2, 0.25) is 5.91 Å². The van der Waals surface area contributed by atoms with Gasteiger partial charge in [-0.2, -0.15) is 0 Å². The average Bonchev–Trinajstić information content (AvgIpc) is 2.27. The van der Waals surface area contributed by atoms with E-state index in [0.717, 1.165) is 6.42 Å². The lowest BCUT2D eigenvalue weighted by Crippen LogP contribution is -2.54. The van der Waals surface area contributed by atoms with Gasteiger partial charge in [0, 0.05) is 20.2 Å². The molecule has 1 saturated heterocycles. The largest absolute Gasteiger partial charge is 0.383 e. The maximum absolute atomic E-state index is 12.0. The van der Waals surface area contributed by atoms with E-state index in [2.05, 4.69) is 6.92 Å². The van der Waals surface area contributed by atoms with Gasteiger partial charge in [-0.25, -0.2) is 0 Å². The van der Waals surface area contributed by atoms with Crippen molar-refractivity contribution >= 4 is 18.3 Å². The highest BCUT2D eigenvalue weighted by Gasteiger charge is 2.29. The van der Waals surface area contributed by atoms with Crippen LogP contribution in [0, 0.1) is 0 Å². The number of nitrogens with zero attached hydrogens (tertiary/aromatic N) is 1. The first-order chi connectivity index (χ1) is 7.58. The van der Waals surface area contributed by atoms with Crippen LogP contribution in [0.2, 0.25) is 0 Å². The topological polar surface area (TPSA) is 64.8 Å². The van der Waals surface area contributed by atoms with E-state index in [1.165, 1.54) is 0 Å². The van der Waals surface area contributed by atoms with E-state index in [-0.39, 0.29) is 37.1 Å². The molecule has 0 aromatic rings. The standard InChI is InChI=1S/C11H22N2O3.ClH/c1-4-9-6-13(5-8(2)16-9)11(14)10(12)7-15-3;/h8-10H,4-7,12H2,1-3H3;1H. The first-order valence-electron chi connectivity index (χ1n) is 5.77. The van der Waals surface area contributed by atoms with Gasteiger partial charge in [-0.3, -0.25) is 4.79 Å². The van der Waals surface area contributed by atoms with Crippen LogP contribution in [0.1, 0.15) is 20.3 Å². The second-order valence-corrected chi connectivity index (χ2v) is 4.28. The van der Waals surface area contributed by atoms with Crippen molar-refractivity contribution in [3.63, 3.8) is 0 Å². The third-order valence-corrected chi connectivity index (χ3v) is 2.76. The van der Waals surface area contributed by atoms with E-state index in [1.54, 1.807) is 12.0 Å². The van der Waals surface area contributed by atoms with Crippen molar-refractivity contribution in [2.75, 3.05) is 26.8 Å². The Morgan fingerprint density at radius 3 is 2.76 bits per heavy atom. The molecule has 102 valence electrons. The van der Waals surface area contributed by atoms with Crippen LogP contribution in [-0.2, 0) is 14.3 Å². The number of methoxy groups -OCH3 is 1. The molecule has 0 bridgehead atoms. The van der Waals surface area contributed by atoms with Gasteiger partial charge < -0.3 is 20.1 Å². The van der Waals surface area contributed by atoms with Crippen molar-refractivity contribution in [3.05, 3.63) is 0 Å². The van der Waals surface area contributed by atoms with Gasteiger partial charge in [-0.15, -0.1) is 12.4 Å². The minimum Gasteiger partial charge on any atom is -0.383 e. The summed E-state index contributed by atoms with van der Waals surface area (Å²) in [5, 5.41) is 0. The molecule has 0 aromatic carbocycles. The summed E-state index contributed by atoms with van der Waals surface area (Å²) in [5.41, 5.74) is 5.73. The van der Waals surface area contributed by atoms with Crippen LogP contribution in [0.5, 0.6) is 0 Å². The number of amides is 1. The highest BCUT2D eigenvalue weighted by atomic mass is 35.5. The number of nitrogens with two attached hydrogens (primary N) is 1. The Kier molecular flexibility index (Phi) is 7.70. The molecule has 1 heterocycles. The van der Waals surface area contributed by atoms with Crippen LogP contribution in [0.4, 0.5) is 0 Å². The molecule has 0 radical (unpaired) electrons. The van der Waals surface area contributed by atoms with Crippen LogP contribution in [0.15, 0.2) is 0 Å². The maximum atomic E-state index is 12.0. The molecule has 3 atom stereocenters. The zero-order valence-electron chi connectivity index (χ0n) is 10.7. The van der Waals surface area contributed by atoms with Gasteiger partial charge in [-0.05, 0) is 13.3 Å². The Morgan fingerprint density at radius 2 is 2.24 bits per heavy atom. The average molecular weight is 267 g/mol. The number of halogens is 1. The minimum atomic E-state index is -0.562. The van der Waals surface area contributed by atoms with Crippen LogP contribution in [0.3, 0.4) is 0 Å². The molecule has 6 heteroatoms. The molecule has 1 aliphatic heterocycles. The number of ether oxygens (including phenoxy) is 2. The summed E-state index contributed by atoms with van der Waals surface area (Å²) in [7, 11) is 1.55. The predicted octanol–water partition coefficient (Wildman–Crippen LogP) is 0.408. The third-order valence-electron chi connectivity index (χ3n) is 2.76. The molecule has 1 fully saturated rings. The summed E-state index contributed by atoms with van der Waals surface area (Å²) in [6, 6.07) is -0.562. The number of carbonyl (C=O) groups is 1. The summed E-state index contributed by atoms with van der Waals surface area (Å²) in [6.45, 7) is 5.55. The molecule has 0 saturated carbocycles. The lowest BCUT2D eigenvalue weighted by Gasteiger charge is -2.37. The first kappa shape index (κ1) is 16.6. The van der Waals surface area contributed by atoms with Crippen molar-refractivity contribution in [3.8, 4) is 0 Å². The number of hydrogen-bond acceptors (Lipinski definition) is 4. The second kappa shape index (κ2) is 7.87. The zero-order chi connectivity index (χ0) is 12.1. The maximum Gasteiger partial charge on any atom is 0.242 e. The Bertz CT molecular complexity index is 241. The third kappa shape index (κ3) is 4.79. The summed E-state index contributed by atoms with van der Waals surface area (Å²) in [4.78, 5) is 13.7. The Balaban J connectivity index is 0.00000256. The van der Waals surface area contributed by atoms with E-state index in [4.69, 9.17) is 15.2 Å². The first-order valence-corrected chi connectivity index (χ1v) is 5.77. The minimum absolute atomic E-state index is 0. The number of hydrogen-bond donors (Lipinski definition) is 1. The van der Waals surface area contributed by atoms with E-state index in [0.29, 0.717) is 13.1 Å². The summed E-state index contributed by atoms with van der Waals surface area (Å²) >= 11 is 0. The van der Waals surface area contributed by atoms with Crippen molar-refractivity contribution < 1.29 is 14.3 Å². The van der Waals surface area contributed by atoms with Crippen LogP contribution < -0.4 is 5.73 Å². The molecule has 1 rings (SSSR count). The fourth-order valence-electron chi connectivity index (χ4n) is 1.94. The fraction of sp³-hybridized carbons (Fsp3) is 0.909. The van der Waals surface area contributed by atoms with Crippen molar-refractivity contribution in [1.82, 2.24) is 4.90 Å². The quantitative estimate of drug-likeness (QED) is 0.800. The van der Waals surface area contributed by atoms with Crippen LogP contribution in [-0.4, -0.2) is 55.9 Å². The molecular weight excluding hydrogens is 244 g/mol. The zero-order valence-corrected chi connectivity index (χ0v) is 11.5. The van der Waals surface area contributed by atoms with Crippen molar-refractivity contribution in [2.24, 2.45) is 5.73 Å². The Hall–Kier alpha value is -0.360. The van der Waals surface area contributed by atoms with E-state index in [1.807, 2.05) is 6.92 Å². The van der Waals surface area contributed by atoms with E-state index >= 15 is 0 Å². The SMILES string of the molecule is CCC1CN(C(=O)C(N)COC)CC(C)O1.Cl. The molecule has 0 spiro atoms. The smallest absolute Gasteiger partial charge is 0.242 e. The van der Waals surface area contributed by atoms with E-state index in [9.17, 15) is 4.79 Å². The summed E-state index contributed by atoms with van der Waals surface area (Å²) in [6.07, 6.45) is 1.12. The Morgan fingerprint density at radius 1 is 1.59 bits per heavy atom. The summed E-state index contributed by atoms with van der Waals surface area (Å²) in [5.74, 6) is -0.0459. The number of morpholine rings is 1. The molecule has 5 nitrogen and oxygen atoms in total. The Labute approximate surface area is 109 Å². The molecule has 2 N–H and O–H groups in total. The highest BCUT2D eigenvalue weighted by molar-refractivity contribution is 5.85. The molecule has 1 aliphatic rings. The molecule has 3 unspecified atom stereocenters. The van der Waals surface area contributed by atoms with Crippen LogP contribution >= 0.6 is 12.4 Å². The van der Waals surface area contributed by atoms with Gasteiger partial charge in [0.15, 0.2) is 0 Å². The monoisotopic (exact) mass is 266 g/mol. The van der Waals surface area contributed by atoms with Gasteiger partial charge in [0.25, 0.3) is 0 Å². The number of rotatable bonds is 4. The highest BCUT2D eigenvalue weighted by Crippen LogP contribution is 2.14. The van der Waals surface area contributed by atoms with Gasteiger partial charge in [-0.1, -0.05) is 6.92 Å². The van der Waals surface area contributed by atoms with Gasteiger partial charge >= 0.3 is 0 Å².